The molecule has 0 aliphatic rings. The van der Waals surface area contributed by atoms with E-state index < -0.39 is 0 Å². The van der Waals surface area contributed by atoms with Crippen LogP contribution in [0.25, 0.3) is 61.1 Å². The van der Waals surface area contributed by atoms with E-state index in [2.05, 4.69) is 148 Å². The molecule has 8 rings (SSSR count). The second-order valence-corrected chi connectivity index (χ2v) is 9.96. The lowest BCUT2D eigenvalue weighted by Gasteiger charge is -2.11. The Bertz CT molecular complexity index is 2140. The highest BCUT2D eigenvalue weighted by Gasteiger charge is 2.22. The lowest BCUT2D eigenvalue weighted by molar-refractivity contribution is 0.908. The average Bonchev–Trinajstić information content (AvgIpc) is 3.65. The Labute approximate surface area is 226 Å². The zero-order chi connectivity index (χ0) is 25.9. The largest absolute Gasteiger partial charge is 0.296 e. The number of aryl methyl sites for hydroxylation is 1. The van der Waals surface area contributed by atoms with Gasteiger partial charge in [-0.25, -0.2) is 4.98 Å². The Morgan fingerprint density at radius 2 is 1.15 bits per heavy atom. The molecule has 0 amide bonds. The fraction of sp³-hybridized carbons (Fsp3) is 0.0571. The first kappa shape index (κ1) is 21.9. The topological polar surface area (TPSA) is 27.2 Å². The van der Waals surface area contributed by atoms with Crippen LogP contribution in [0.5, 0.6) is 0 Å². The van der Waals surface area contributed by atoms with E-state index in [1.165, 1.54) is 38.7 Å². The third-order valence-corrected chi connectivity index (χ3v) is 7.80. The van der Waals surface area contributed by atoms with Crippen LogP contribution in [-0.4, -0.2) is 18.5 Å². The van der Waals surface area contributed by atoms with Gasteiger partial charge in [0.2, 0.25) is 0 Å². The highest BCUT2D eigenvalue weighted by molar-refractivity contribution is 6.09. The number of imidazole rings is 2. The van der Waals surface area contributed by atoms with Gasteiger partial charge in [-0.15, -0.1) is 0 Å². The number of benzene rings is 5. The monoisotopic (exact) mass is 502 g/mol. The molecule has 0 N–H and O–H groups in total. The van der Waals surface area contributed by atoms with Crippen LogP contribution in [0, 0.1) is 0 Å². The molecule has 3 heterocycles. The maximum atomic E-state index is 4.89. The third kappa shape index (κ3) is 3.15. The van der Waals surface area contributed by atoms with Gasteiger partial charge >= 0.3 is 0 Å². The number of fused-ring (bicyclic) bond motifs is 6. The predicted molar refractivity (Wildman–Crippen MR) is 161 cm³/mol. The van der Waals surface area contributed by atoms with Crippen molar-refractivity contribution in [3.63, 3.8) is 0 Å². The first-order valence-corrected chi connectivity index (χ1v) is 13.5. The van der Waals surface area contributed by atoms with Crippen LogP contribution in [-0.2, 0) is 6.42 Å². The average molecular weight is 503 g/mol. The van der Waals surface area contributed by atoms with Crippen molar-refractivity contribution in [3.05, 3.63) is 133 Å². The van der Waals surface area contributed by atoms with Gasteiger partial charge in [0.1, 0.15) is 11.5 Å². The molecule has 0 spiro atoms. The molecule has 5 aromatic carbocycles. The SMILES string of the molecule is CCc1nc2ccccc2n1-c1ccc(-c2c3ccccc3n3c4ccccc4n(-c4ccccc4)c23)cc1. The van der Waals surface area contributed by atoms with E-state index in [1.54, 1.807) is 0 Å². The fourth-order valence-electron chi connectivity index (χ4n) is 6.14. The molecule has 4 nitrogen and oxygen atoms in total. The minimum absolute atomic E-state index is 0.873. The molecule has 0 radical (unpaired) electrons. The summed E-state index contributed by atoms with van der Waals surface area (Å²) in [5, 5.41) is 1.25. The maximum Gasteiger partial charge on any atom is 0.131 e. The van der Waals surface area contributed by atoms with Crippen LogP contribution in [0.15, 0.2) is 127 Å². The summed E-state index contributed by atoms with van der Waals surface area (Å²) in [6.45, 7) is 2.17. The number of para-hydroxylation sites is 6. The molecule has 0 unspecified atom stereocenters. The quantitative estimate of drug-likeness (QED) is 0.237. The van der Waals surface area contributed by atoms with Crippen molar-refractivity contribution in [2.75, 3.05) is 0 Å². The van der Waals surface area contributed by atoms with Gasteiger partial charge in [0.25, 0.3) is 0 Å². The molecule has 39 heavy (non-hydrogen) atoms. The first-order valence-electron chi connectivity index (χ1n) is 13.5. The minimum atomic E-state index is 0.873. The molecular weight excluding hydrogens is 476 g/mol. The molecule has 0 bridgehead atoms. The van der Waals surface area contributed by atoms with Crippen LogP contribution in [0.1, 0.15) is 12.7 Å². The van der Waals surface area contributed by atoms with Gasteiger partial charge in [0, 0.05) is 28.7 Å². The number of rotatable bonds is 4. The Hall–Kier alpha value is -5.09. The van der Waals surface area contributed by atoms with Crippen molar-refractivity contribution >= 4 is 38.6 Å². The highest BCUT2D eigenvalue weighted by atomic mass is 15.1. The number of hydrogen-bond acceptors (Lipinski definition) is 1. The van der Waals surface area contributed by atoms with Crippen LogP contribution < -0.4 is 0 Å². The van der Waals surface area contributed by atoms with Crippen molar-refractivity contribution in [3.8, 4) is 22.5 Å². The summed E-state index contributed by atoms with van der Waals surface area (Å²) < 4.78 is 7.10. The normalized spacial score (nSPS) is 11.8. The van der Waals surface area contributed by atoms with E-state index in [4.69, 9.17) is 4.98 Å². The Kier molecular flexibility index (Phi) is 4.76. The fourth-order valence-corrected chi connectivity index (χ4v) is 6.14. The minimum Gasteiger partial charge on any atom is -0.296 e. The van der Waals surface area contributed by atoms with E-state index >= 15 is 0 Å². The lowest BCUT2D eigenvalue weighted by Crippen LogP contribution is -2.00. The molecule has 4 heteroatoms. The molecule has 0 atom stereocenters. The molecule has 3 aromatic heterocycles. The molecule has 0 fully saturated rings. The Morgan fingerprint density at radius 1 is 0.538 bits per heavy atom. The van der Waals surface area contributed by atoms with E-state index in [0.717, 1.165) is 34.7 Å². The van der Waals surface area contributed by atoms with Crippen LogP contribution in [0.4, 0.5) is 0 Å². The van der Waals surface area contributed by atoms with Crippen molar-refractivity contribution in [2.24, 2.45) is 0 Å². The summed E-state index contributed by atoms with van der Waals surface area (Å²) >= 11 is 0. The second-order valence-electron chi connectivity index (χ2n) is 9.96. The van der Waals surface area contributed by atoms with Gasteiger partial charge in [-0.3, -0.25) is 13.5 Å². The highest BCUT2D eigenvalue weighted by Crippen LogP contribution is 2.40. The smallest absolute Gasteiger partial charge is 0.131 e. The number of aromatic nitrogens is 4. The second kappa shape index (κ2) is 8.47. The standard InChI is InChI=1S/C35H26N4/c1-2-33-36-28-15-7-9-17-30(28)37(33)26-22-20-24(21-23-26)34-27-14-6-8-16-29(27)39-32-19-11-10-18-31(32)38(35(34)39)25-12-4-3-5-13-25/h3-23H,2H2,1H3. The summed E-state index contributed by atoms with van der Waals surface area (Å²) in [6, 6.07) is 45.5. The molecule has 0 saturated heterocycles. The van der Waals surface area contributed by atoms with Crippen molar-refractivity contribution in [1.82, 2.24) is 18.5 Å². The number of nitrogens with zero attached hydrogens (tertiary/aromatic N) is 4. The summed E-state index contributed by atoms with van der Waals surface area (Å²) in [4.78, 5) is 4.89. The maximum absolute atomic E-state index is 4.89. The Balaban J connectivity index is 1.43. The van der Waals surface area contributed by atoms with Gasteiger partial charge < -0.3 is 0 Å². The van der Waals surface area contributed by atoms with Crippen LogP contribution >= 0.6 is 0 Å². The van der Waals surface area contributed by atoms with Gasteiger partial charge in [-0.05, 0) is 60.2 Å². The van der Waals surface area contributed by atoms with Gasteiger partial charge in [0.15, 0.2) is 0 Å². The third-order valence-electron chi connectivity index (χ3n) is 7.80. The van der Waals surface area contributed by atoms with Gasteiger partial charge in [-0.1, -0.05) is 79.7 Å². The summed E-state index contributed by atoms with van der Waals surface area (Å²) in [6.07, 6.45) is 0.873. The summed E-state index contributed by atoms with van der Waals surface area (Å²) in [7, 11) is 0. The van der Waals surface area contributed by atoms with E-state index in [1.807, 2.05) is 0 Å². The Morgan fingerprint density at radius 3 is 1.92 bits per heavy atom. The molecule has 8 aromatic rings. The van der Waals surface area contributed by atoms with E-state index in [-0.39, 0.29) is 0 Å². The van der Waals surface area contributed by atoms with Gasteiger partial charge in [-0.2, -0.15) is 0 Å². The first-order chi connectivity index (χ1) is 19.3. The zero-order valence-corrected chi connectivity index (χ0v) is 21.6. The molecule has 0 saturated carbocycles. The van der Waals surface area contributed by atoms with Crippen molar-refractivity contribution in [1.29, 1.82) is 0 Å². The van der Waals surface area contributed by atoms with Crippen molar-refractivity contribution < 1.29 is 0 Å². The van der Waals surface area contributed by atoms with E-state index in [0.29, 0.717) is 0 Å². The predicted octanol–water partition coefficient (Wildman–Crippen LogP) is 8.60. The van der Waals surface area contributed by atoms with Gasteiger partial charge in [0.05, 0.1) is 27.6 Å². The lowest BCUT2D eigenvalue weighted by atomic mass is 10.0. The summed E-state index contributed by atoms with van der Waals surface area (Å²) in [5.41, 5.74) is 11.7. The van der Waals surface area contributed by atoms with Crippen LogP contribution in [0.3, 0.4) is 0 Å². The molecular formula is C35H26N4. The van der Waals surface area contributed by atoms with E-state index in [9.17, 15) is 0 Å². The zero-order valence-electron chi connectivity index (χ0n) is 21.6. The van der Waals surface area contributed by atoms with Crippen molar-refractivity contribution in [2.45, 2.75) is 13.3 Å². The molecule has 186 valence electrons. The van der Waals surface area contributed by atoms with Crippen LogP contribution in [0.2, 0.25) is 0 Å². The summed E-state index contributed by atoms with van der Waals surface area (Å²) in [5.74, 6) is 1.07. The number of hydrogen-bond donors (Lipinski definition) is 0. The molecule has 0 aliphatic heterocycles. The molecule has 0 aliphatic carbocycles.